The molecule has 0 bridgehead atoms. The van der Waals surface area contributed by atoms with E-state index in [1.165, 1.54) is 4.90 Å². The maximum atomic E-state index is 15.0. The van der Waals surface area contributed by atoms with E-state index in [0.717, 1.165) is 19.2 Å². The summed E-state index contributed by atoms with van der Waals surface area (Å²) in [5.41, 5.74) is -3.82. The smallest absolute Gasteiger partial charge is 0.408 e. The zero-order chi connectivity index (χ0) is 43.1. The minimum atomic E-state index is -4.05. The number of carbonyl (C=O) groups is 4. The molecule has 1 saturated heterocycles. The molecular weight excluding hydrogens is 789 g/mol. The van der Waals surface area contributed by atoms with Crippen molar-refractivity contribution in [3.05, 3.63) is 42.6 Å². The van der Waals surface area contributed by atoms with Gasteiger partial charge in [-0.3, -0.25) is 19.1 Å². The number of aromatic nitrogens is 1. The summed E-state index contributed by atoms with van der Waals surface area (Å²) in [5, 5.41) is 6.89. The number of fused-ring (bicyclic) bond motifs is 3. The minimum absolute atomic E-state index is 0.0295. The van der Waals surface area contributed by atoms with Crippen LogP contribution < -0.4 is 24.8 Å². The largest absolute Gasteiger partial charge is 0.494 e. The highest BCUT2D eigenvalue weighted by atomic mass is 32.2. The van der Waals surface area contributed by atoms with Gasteiger partial charge in [0.2, 0.25) is 27.7 Å². The number of alkyl halides is 2. The van der Waals surface area contributed by atoms with Crippen LogP contribution in [0.15, 0.2) is 42.6 Å². The number of nitrogens with one attached hydrogen (secondary N) is 3. The van der Waals surface area contributed by atoms with Gasteiger partial charge in [-0.25, -0.2) is 27.0 Å². The van der Waals surface area contributed by atoms with E-state index < -0.39 is 85.7 Å². The van der Waals surface area contributed by atoms with Crippen LogP contribution in [0.3, 0.4) is 0 Å². The third kappa shape index (κ3) is 9.29. The van der Waals surface area contributed by atoms with Crippen molar-refractivity contribution in [1.82, 2.24) is 25.2 Å². The van der Waals surface area contributed by atoms with E-state index in [-0.39, 0.29) is 31.2 Å². The highest BCUT2D eigenvalue weighted by Crippen LogP contribution is 2.48. The Balaban J connectivity index is 1.36. The van der Waals surface area contributed by atoms with Crippen molar-refractivity contribution < 1.29 is 50.6 Å². The van der Waals surface area contributed by atoms with E-state index in [0.29, 0.717) is 63.2 Å². The molecule has 0 unspecified atom stereocenters. The van der Waals surface area contributed by atoms with Gasteiger partial charge in [-0.2, -0.15) is 0 Å². The molecule has 0 spiro atoms. The van der Waals surface area contributed by atoms with Gasteiger partial charge in [-0.05, 0) is 108 Å². The van der Waals surface area contributed by atoms with E-state index >= 15 is 0 Å². The van der Waals surface area contributed by atoms with Gasteiger partial charge in [0.05, 0.1) is 17.9 Å². The Kier molecular flexibility index (Phi) is 12.3. The van der Waals surface area contributed by atoms with Crippen LogP contribution in [0.25, 0.3) is 10.8 Å². The predicted molar refractivity (Wildman–Crippen MR) is 215 cm³/mol. The van der Waals surface area contributed by atoms with Crippen LogP contribution >= 0.6 is 0 Å². The summed E-state index contributed by atoms with van der Waals surface area (Å²) in [7, 11) is -4.05. The molecule has 2 aliphatic carbocycles. The average Bonchev–Trinajstić information content (AvgIpc) is 4.04. The molecule has 2 saturated carbocycles. The Morgan fingerprint density at radius 2 is 1.83 bits per heavy atom. The second-order valence-corrected chi connectivity index (χ2v) is 19.7. The van der Waals surface area contributed by atoms with Gasteiger partial charge in [-0.1, -0.05) is 32.4 Å². The SMILES string of the molecule is CCOc1ccc2c(O[C@@H]3C[C@H]4C(=O)N[C@]5(C(=O)NS(=O)(=O)C6(C)CC6)C[C@H]5/C=C\CC[C@H](C)C[C@@H](CC)[C@H](NC(=O)OC(C)(C)C(C)(F)F)C(=O)N4C3)nccc2c1. The number of ether oxygens (including phenoxy) is 3. The Bertz CT molecular complexity index is 2090. The second kappa shape index (κ2) is 16.5. The maximum absolute atomic E-state index is 15.0. The molecule has 6 rings (SSSR count). The molecular formula is C42H57F2N5O9S. The highest BCUT2D eigenvalue weighted by molar-refractivity contribution is 7.91. The molecule has 1 aromatic carbocycles. The Labute approximate surface area is 344 Å². The molecule has 59 heavy (non-hydrogen) atoms. The molecule has 4 aliphatic rings. The number of rotatable bonds is 11. The van der Waals surface area contributed by atoms with Gasteiger partial charge < -0.3 is 29.7 Å². The zero-order valence-corrected chi connectivity index (χ0v) is 35.6. The molecule has 3 fully saturated rings. The summed E-state index contributed by atoms with van der Waals surface area (Å²) in [5.74, 6) is -5.73. The normalized spacial score (nSPS) is 29.1. The molecule has 7 atom stereocenters. The first-order chi connectivity index (χ1) is 27.6. The van der Waals surface area contributed by atoms with Gasteiger partial charge in [-0.15, -0.1) is 0 Å². The maximum Gasteiger partial charge on any atom is 0.408 e. The fourth-order valence-corrected chi connectivity index (χ4v) is 9.24. The number of carbonyl (C=O) groups excluding carboxylic acids is 4. The third-order valence-electron chi connectivity index (χ3n) is 12.6. The summed E-state index contributed by atoms with van der Waals surface area (Å²) in [6, 6.07) is 4.67. The number of hydrogen-bond donors (Lipinski definition) is 3. The summed E-state index contributed by atoms with van der Waals surface area (Å²) >= 11 is 0. The van der Waals surface area contributed by atoms with Crippen LogP contribution in [0.1, 0.15) is 99.8 Å². The van der Waals surface area contributed by atoms with E-state index in [1.807, 2.05) is 39.0 Å². The van der Waals surface area contributed by atoms with Crippen molar-refractivity contribution in [2.75, 3.05) is 13.2 Å². The van der Waals surface area contributed by atoms with Gasteiger partial charge in [0.1, 0.15) is 29.5 Å². The third-order valence-corrected chi connectivity index (χ3v) is 14.7. The molecule has 0 radical (unpaired) electrons. The van der Waals surface area contributed by atoms with E-state index in [2.05, 4.69) is 20.3 Å². The van der Waals surface area contributed by atoms with E-state index in [9.17, 15) is 36.4 Å². The molecule has 324 valence electrons. The number of alkyl carbamates (subject to hydrolysis) is 1. The molecule has 1 aromatic heterocycles. The van der Waals surface area contributed by atoms with Crippen LogP contribution in [0, 0.1) is 17.8 Å². The summed E-state index contributed by atoms with van der Waals surface area (Å²) in [6.07, 6.45) is 6.30. The van der Waals surface area contributed by atoms with Crippen LogP contribution in [-0.4, -0.2) is 95.3 Å². The first-order valence-corrected chi connectivity index (χ1v) is 22.0. The van der Waals surface area contributed by atoms with Crippen molar-refractivity contribution in [1.29, 1.82) is 0 Å². The van der Waals surface area contributed by atoms with Crippen molar-refractivity contribution in [2.24, 2.45) is 17.8 Å². The number of pyridine rings is 1. The molecule has 14 nitrogen and oxygen atoms in total. The highest BCUT2D eigenvalue weighted by Gasteiger charge is 2.63. The van der Waals surface area contributed by atoms with Crippen molar-refractivity contribution in [3.8, 4) is 11.6 Å². The van der Waals surface area contributed by atoms with Gasteiger partial charge >= 0.3 is 6.09 Å². The lowest BCUT2D eigenvalue weighted by atomic mass is 9.85. The van der Waals surface area contributed by atoms with Crippen molar-refractivity contribution in [3.63, 3.8) is 0 Å². The van der Waals surface area contributed by atoms with Crippen molar-refractivity contribution in [2.45, 2.75) is 140 Å². The molecule has 17 heteroatoms. The first kappa shape index (κ1) is 44.0. The van der Waals surface area contributed by atoms with E-state index in [1.54, 1.807) is 31.3 Å². The van der Waals surface area contributed by atoms with Crippen LogP contribution in [0.4, 0.5) is 13.6 Å². The number of amides is 4. The van der Waals surface area contributed by atoms with Gasteiger partial charge in [0.15, 0.2) is 5.60 Å². The molecule has 4 amide bonds. The van der Waals surface area contributed by atoms with Crippen LogP contribution in [0.5, 0.6) is 11.6 Å². The number of allylic oxidation sites excluding steroid dienone is 1. The van der Waals surface area contributed by atoms with E-state index in [4.69, 9.17) is 14.2 Å². The molecule has 2 aliphatic heterocycles. The first-order valence-electron chi connectivity index (χ1n) is 20.5. The lowest BCUT2D eigenvalue weighted by Crippen LogP contribution is -2.60. The number of hydrogen-bond acceptors (Lipinski definition) is 10. The lowest BCUT2D eigenvalue weighted by molar-refractivity contribution is -0.152. The summed E-state index contributed by atoms with van der Waals surface area (Å²) in [6.45, 7) is 10.4. The topological polar surface area (TPSA) is 182 Å². The average molecular weight is 846 g/mol. The monoisotopic (exact) mass is 845 g/mol. The number of halogens is 2. The molecule has 3 heterocycles. The minimum Gasteiger partial charge on any atom is -0.494 e. The fraction of sp³-hybridized carbons (Fsp3) is 0.643. The van der Waals surface area contributed by atoms with Crippen LogP contribution in [-0.2, 0) is 29.1 Å². The van der Waals surface area contributed by atoms with Gasteiger partial charge in [0.25, 0.3) is 11.8 Å². The number of nitrogens with zero attached hydrogens (tertiary/aromatic N) is 2. The predicted octanol–water partition coefficient (Wildman–Crippen LogP) is 5.79. The summed E-state index contributed by atoms with van der Waals surface area (Å²) < 4.78 is 73.9. The van der Waals surface area contributed by atoms with Crippen LogP contribution in [0.2, 0.25) is 0 Å². The summed E-state index contributed by atoms with van der Waals surface area (Å²) in [4.78, 5) is 62.7. The number of benzene rings is 1. The lowest BCUT2D eigenvalue weighted by Gasteiger charge is -2.35. The standard InChI is InChI=1S/C42H57F2N5O9S/c1-8-26-20-25(3)12-10-11-13-28-23-42(28,37(52)48-59(54,55)40(6)17-18-40)47-34(50)32-22-30(57-35-31-15-14-29(56-9-2)21-27(31)16-19-45-35)24-49(32)36(51)33(26)46-38(53)58-39(4,5)41(7,43)44/h11,13-16,19,21,25-26,28,30,32-33H,8-10,12,17-18,20,22-24H2,1-7H3,(H,46,53)(H,47,50)(H,48,52)/b13-11-/t25-,26+,28+,30+,32-,33-,42+/m0/s1. The Morgan fingerprint density at radius 3 is 2.49 bits per heavy atom. The quantitative estimate of drug-likeness (QED) is 0.235. The molecule has 2 aromatic rings. The second-order valence-electron chi connectivity index (χ2n) is 17.5. The molecule has 3 N–H and O–H groups in total. The Morgan fingerprint density at radius 1 is 1.10 bits per heavy atom. The Hall–Kier alpha value is -4.54. The number of sulfonamides is 1. The zero-order valence-electron chi connectivity index (χ0n) is 34.8. The van der Waals surface area contributed by atoms with Gasteiger partial charge in [0, 0.05) is 30.8 Å². The fourth-order valence-electron chi connectivity index (χ4n) is 7.93. The van der Waals surface area contributed by atoms with Crippen molar-refractivity contribution >= 4 is 44.6 Å².